The lowest BCUT2D eigenvalue weighted by Gasteiger charge is -2.28. The Morgan fingerprint density at radius 3 is 1.59 bits per heavy atom. The predicted octanol–water partition coefficient (Wildman–Crippen LogP) is 4.80. The number of unbranched alkanes of at least 4 members (excludes halogenated alkanes) is 5. The first-order valence-electron chi connectivity index (χ1n) is 9.24. The summed E-state index contributed by atoms with van der Waals surface area (Å²) in [6.07, 6.45) is 8.52. The highest BCUT2D eigenvalue weighted by Gasteiger charge is 2.39. The summed E-state index contributed by atoms with van der Waals surface area (Å²) in [5.41, 5.74) is 0. The predicted molar refractivity (Wildman–Crippen MR) is 94.3 cm³/mol. The number of hydrogen-bond donors (Lipinski definition) is 0. The highest BCUT2D eigenvalue weighted by Crippen LogP contribution is 2.20. The van der Waals surface area contributed by atoms with Gasteiger partial charge in [-0.25, -0.2) is 0 Å². The maximum atomic E-state index is 5.87. The number of ether oxygens (including phenoxy) is 1. The SMILES string of the molecule is CCCOCCCCCCCC[Si](OCC)(OCC)OCC. The largest absolute Gasteiger partial charge is 0.500 e. The molecule has 0 bridgehead atoms. The van der Waals surface area contributed by atoms with Crippen LogP contribution >= 0.6 is 0 Å². The minimum atomic E-state index is -2.41. The Morgan fingerprint density at radius 1 is 0.591 bits per heavy atom. The maximum absolute atomic E-state index is 5.87. The molecule has 5 heteroatoms. The Labute approximate surface area is 139 Å². The zero-order valence-electron chi connectivity index (χ0n) is 15.3. The lowest BCUT2D eigenvalue weighted by Crippen LogP contribution is -2.45. The van der Waals surface area contributed by atoms with Gasteiger partial charge in [-0.2, -0.15) is 0 Å². The van der Waals surface area contributed by atoms with E-state index in [1.165, 1.54) is 32.1 Å². The molecule has 0 saturated carbocycles. The van der Waals surface area contributed by atoms with Crippen LogP contribution in [0.5, 0.6) is 0 Å². The number of rotatable bonds is 17. The molecule has 134 valence electrons. The fourth-order valence-electron chi connectivity index (χ4n) is 2.50. The second-order valence-electron chi connectivity index (χ2n) is 5.47. The van der Waals surface area contributed by atoms with E-state index in [1.807, 2.05) is 20.8 Å². The third kappa shape index (κ3) is 11.6. The molecule has 0 radical (unpaired) electrons. The highest BCUT2D eigenvalue weighted by atomic mass is 28.4. The Bertz CT molecular complexity index is 210. The Morgan fingerprint density at radius 2 is 1.09 bits per heavy atom. The van der Waals surface area contributed by atoms with Crippen molar-refractivity contribution in [2.24, 2.45) is 0 Å². The van der Waals surface area contributed by atoms with Crippen molar-refractivity contribution in [2.75, 3.05) is 33.0 Å². The molecular weight excluding hydrogens is 296 g/mol. The zero-order chi connectivity index (χ0) is 16.5. The van der Waals surface area contributed by atoms with Crippen LogP contribution in [0.3, 0.4) is 0 Å². The van der Waals surface area contributed by atoms with E-state index in [4.69, 9.17) is 18.0 Å². The van der Waals surface area contributed by atoms with E-state index in [-0.39, 0.29) is 0 Å². The van der Waals surface area contributed by atoms with E-state index in [1.54, 1.807) is 0 Å². The Kier molecular flexibility index (Phi) is 16.0. The van der Waals surface area contributed by atoms with Crippen LogP contribution in [-0.2, 0) is 18.0 Å². The molecule has 0 rings (SSSR count). The van der Waals surface area contributed by atoms with E-state index in [9.17, 15) is 0 Å². The lowest BCUT2D eigenvalue weighted by atomic mass is 10.1. The standard InChI is InChI=1S/C17H38O4Si/c1-5-15-18-16-13-11-9-10-12-14-17-22(19-6-2,20-7-3)21-8-4/h5-17H2,1-4H3. The summed E-state index contributed by atoms with van der Waals surface area (Å²) in [5, 5.41) is 0. The molecule has 0 aromatic heterocycles. The van der Waals surface area contributed by atoms with Crippen molar-refractivity contribution in [3.05, 3.63) is 0 Å². The van der Waals surface area contributed by atoms with Crippen LogP contribution in [0, 0.1) is 0 Å². The van der Waals surface area contributed by atoms with Gasteiger partial charge in [-0.1, -0.05) is 32.6 Å². The quantitative estimate of drug-likeness (QED) is 0.283. The molecule has 0 aromatic carbocycles. The monoisotopic (exact) mass is 334 g/mol. The van der Waals surface area contributed by atoms with Gasteiger partial charge in [0.25, 0.3) is 0 Å². The molecular formula is C17H38O4Si. The van der Waals surface area contributed by atoms with E-state index >= 15 is 0 Å². The van der Waals surface area contributed by atoms with Gasteiger partial charge >= 0.3 is 8.80 Å². The molecule has 0 spiro atoms. The molecule has 0 aliphatic heterocycles. The summed E-state index contributed by atoms with van der Waals surface area (Å²) < 4.78 is 23.1. The number of hydrogen-bond acceptors (Lipinski definition) is 4. The summed E-state index contributed by atoms with van der Waals surface area (Å²) in [5.74, 6) is 0. The smallest absolute Gasteiger partial charge is 0.381 e. The lowest BCUT2D eigenvalue weighted by molar-refractivity contribution is 0.0706. The van der Waals surface area contributed by atoms with Gasteiger partial charge in [0.15, 0.2) is 0 Å². The van der Waals surface area contributed by atoms with Crippen LogP contribution < -0.4 is 0 Å². The summed E-state index contributed by atoms with van der Waals surface area (Å²) >= 11 is 0. The van der Waals surface area contributed by atoms with Gasteiger partial charge in [-0.3, -0.25) is 0 Å². The van der Waals surface area contributed by atoms with Crippen LogP contribution in [0.15, 0.2) is 0 Å². The summed E-state index contributed by atoms with van der Waals surface area (Å²) in [4.78, 5) is 0. The second kappa shape index (κ2) is 15.9. The average Bonchev–Trinajstić information content (AvgIpc) is 2.50. The Balaban J connectivity index is 3.70. The molecule has 0 heterocycles. The van der Waals surface area contributed by atoms with Crippen LogP contribution in [0.1, 0.15) is 72.6 Å². The molecule has 22 heavy (non-hydrogen) atoms. The van der Waals surface area contributed by atoms with Crippen molar-refractivity contribution in [2.45, 2.75) is 78.7 Å². The second-order valence-corrected chi connectivity index (χ2v) is 8.20. The van der Waals surface area contributed by atoms with E-state index in [0.29, 0.717) is 19.8 Å². The topological polar surface area (TPSA) is 36.9 Å². The molecule has 0 unspecified atom stereocenters. The van der Waals surface area contributed by atoms with Crippen molar-refractivity contribution in [3.63, 3.8) is 0 Å². The van der Waals surface area contributed by atoms with Gasteiger partial charge in [-0.15, -0.1) is 0 Å². The van der Waals surface area contributed by atoms with Crippen molar-refractivity contribution < 1.29 is 18.0 Å². The third-order valence-electron chi connectivity index (χ3n) is 3.46. The van der Waals surface area contributed by atoms with Gasteiger partial charge in [-0.05, 0) is 40.0 Å². The molecule has 0 amide bonds. The first-order valence-corrected chi connectivity index (χ1v) is 11.2. The maximum Gasteiger partial charge on any atom is 0.500 e. The van der Waals surface area contributed by atoms with Crippen molar-refractivity contribution >= 4 is 8.80 Å². The van der Waals surface area contributed by atoms with Crippen LogP contribution in [0.25, 0.3) is 0 Å². The van der Waals surface area contributed by atoms with Gasteiger partial charge < -0.3 is 18.0 Å². The highest BCUT2D eigenvalue weighted by molar-refractivity contribution is 6.60. The van der Waals surface area contributed by atoms with E-state index in [0.717, 1.165) is 32.1 Å². The first kappa shape index (κ1) is 22.1. The average molecular weight is 335 g/mol. The molecule has 4 nitrogen and oxygen atoms in total. The summed E-state index contributed by atoms with van der Waals surface area (Å²) in [6.45, 7) is 12.0. The normalized spacial score (nSPS) is 12.0. The summed E-state index contributed by atoms with van der Waals surface area (Å²) in [7, 11) is -2.41. The molecule has 0 aliphatic rings. The van der Waals surface area contributed by atoms with Crippen molar-refractivity contribution in [3.8, 4) is 0 Å². The molecule has 0 fully saturated rings. The first-order chi connectivity index (χ1) is 10.7. The van der Waals surface area contributed by atoms with Crippen LogP contribution in [0.4, 0.5) is 0 Å². The molecule has 0 atom stereocenters. The van der Waals surface area contributed by atoms with Crippen LogP contribution in [-0.4, -0.2) is 41.8 Å². The zero-order valence-corrected chi connectivity index (χ0v) is 16.3. The van der Waals surface area contributed by atoms with E-state index in [2.05, 4.69) is 6.92 Å². The van der Waals surface area contributed by atoms with Crippen LogP contribution in [0.2, 0.25) is 6.04 Å². The summed E-state index contributed by atoms with van der Waals surface area (Å²) in [6, 6.07) is 0.947. The fraction of sp³-hybridized carbons (Fsp3) is 1.00. The minimum absolute atomic E-state index is 0.671. The van der Waals surface area contributed by atoms with Crippen molar-refractivity contribution in [1.82, 2.24) is 0 Å². The minimum Gasteiger partial charge on any atom is -0.381 e. The molecule has 0 aromatic rings. The van der Waals surface area contributed by atoms with E-state index < -0.39 is 8.80 Å². The molecule has 0 aliphatic carbocycles. The van der Waals surface area contributed by atoms with Crippen molar-refractivity contribution in [1.29, 1.82) is 0 Å². The molecule has 0 saturated heterocycles. The van der Waals surface area contributed by atoms with Gasteiger partial charge in [0.2, 0.25) is 0 Å². The van der Waals surface area contributed by atoms with Gasteiger partial charge in [0.05, 0.1) is 0 Å². The van der Waals surface area contributed by atoms with Gasteiger partial charge in [0, 0.05) is 39.1 Å². The fourth-order valence-corrected chi connectivity index (χ4v) is 5.19. The third-order valence-corrected chi connectivity index (χ3v) is 6.61. The van der Waals surface area contributed by atoms with Gasteiger partial charge in [0.1, 0.15) is 0 Å². The Hall–Kier alpha value is 0.0569. The molecule has 0 N–H and O–H groups in total.